The molecule has 0 atom stereocenters. The minimum absolute atomic E-state index is 0.246. The summed E-state index contributed by atoms with van der Waals surface area (Å²) in [6.07, 6.45) is 0. The lowest BCUT2D eigenvalue weighted by Gasteiger charge is -2.32. The lowest BCUT2D eigenvalue weighted by molar-refractivity contribution is -0.152. The van der Waals surface area contributed by atoms with Crippen LogP contribution in [-0.4, -0.2) is 38.0 Å². The molecule has 1 heterocycles. The summed E-state index contributed by atoms with van der Waals surface area (Å²) in [5.41, 5.74) is -0.485. The maximum absolute atomic E-state index is 11.7. The molecule has 0 N–H and O–H groups in total. The third kappa shape index (κ3) is 6.52. The van der Waals surface area contributed by atoms with Crippen LogP contribution in [0, 0.1) is 11.3 Å². The Morgan fingerprint density at radius 3 is 1.86 bits per heavy atom. The molecular weight excluding hydrogens is 355 g/mol. The van der Waals surface area contributed by atoms with Crippen LogP contribution in [0.2, 0.25) is 0 Å². The van der Waals surface area contributed by atoms with E-state index in [-0.39, 0.29) is 23.8 Å². The molecule has 6 heteroatoms. The van der Waals surface area contributed by atoms with Gasteiger partial charge in [0.25, 0.3) is 0 Å². The standard InChI is InChI=1S/C18H27BO5.C4H10/c1-16(2,15(20)21-7)12-22-14-10-8-13(9-11-14)19-23-17(3,4)18(5,6)24-19;1-4(2)3/h8-11H,12H2,1-7H3;4H,1-3H3. The maximum Gasteiger partial charge on any atom is 0.494 e. The maximum atomic E-state index is 11.7. The van der Waals surface area contributed by atoms with E-state index in [0.717, 1.165) is 11.4 Å². The number of carbonyl (C=O) groups is 1. The second-order valence-electron chi connectivity index (χ2n) is 9.55. The molecule has 0 unspecified atom stereocenters. The summed E-state index contributed by atoms with van der Waals surface area (Å²) in [5.74, 6) is 1.23. The smallest absolute Gasteiger partial charge is 0.492 e. The normalized spacial score (nSPS) is 17.8. The van der Waals surface area contributed by atoms with E-state index in [1.165, 1.54) is 7.11 Å². The van der Waals surface area contributed by atoms with Gasteiger partial charge in [0.2, 0.25) is 0 Å². The Bertz CT molecular complexity index is 616. The lowest BCUT2D eigenvalue weighted by atomic mass is 9.79. The number of methoxy groups -OCH3 is 1. The Morgan fingerprint density at radius 1 is 1.04 bits per heavy atom. The molecule has 28 heavy (non-hydrogen) atoms. The van der Waals surface area contributed by atoms with Crippen LogP contribution in [0.1, 0.15) is 62.3 Å². The summed E-state index contributed by atoms with van der Waals surface area (Å²) in [6, 6.07) is 7.55. The Morgan fingerprint density at radius 2 is 1.46 bits per heavy atom. The van der Waals surface area contributed by atoms with Gasteiger partial charge in [-0.2, -0.15) is 0 Å². The number of rotatable bonds is 5. The fourth-order valence-corrected chi connectivity index (χ4v) is 2.30. The molecule has 158 valence electrons. The van der Waals surface area contributed by atoms with Crippen molar-refractivity contribution >= 4 is 18.6 Å². The van der Waals surface area contributed by atoms with Crippen molar-refractivity contribution in [3.05, 3.63) is 24.3 Å². The van der Waals surface area contributed by atoms with Gasteiger partial charge in [0.15, 0.2) is 0 Å². The summed E-state index contributed by atoms with van der Waals surface area (Å²) in [5, 5.41) is 0. The highest BCUT2D eigenvalue weighted by molar-refractivity contribution is 6.62. The van der Waals surface area contributed by atoms with Crippen molar-refractivity contribution in [1.82, 2.24) is 0 Å². The summed E-state index contributed by atoms with van der Waals surface area (Å²) in [4.78, 5) is 11.7. The fourth-order valence-electron chi connectivity index (χ4n) is 2.30. The first-order valence-corrected chi connectivity index (χ1v) is 9.88. The Balaban J connectivity index is 0.000000892. The van der Waals surface area contributed by atoms with E-state index in [1.807, 2.05) is 52.0 Å². The Hall–Kier alpha value is -1.53. The highest BCUT2D eigenvalue weighted by atomic mass is 16.7. The third-order valence-electron chi connectivity index (χ3n) is 4.74. The summed E-state index contributed by atoms with van der Waals surface area (Å²) in [7, 11) is 0.985. The van der Waals surface area contributed by atoms with Crippen LogP contribution in [0.15, 0.2) is 24.3 Å². The number of ether oxygens (including phenoxy) is 2. The van der Waals surface area contributed by atoms with E-state index >= 15 is 0 Å². The predicted octanol–water partition coefficient (Wildman–Crippen LogP) is 4.23. The van der Waals surface area contributed by atoms with Crippen molar-refractivity contribution in [2.24, 2.45) is 11.3 Å². The zero-order valence-corrected chi connectivity index (χ0v) is 19.2. The molecule has 1 fully saturated rings. The molecule has 1 aromatic rings. The molecular formula is C22H37BO5. The van der Waals surface area contributed by atoms with E-state index in [2.05, 4.69) is 20.8 Å². The monoisotopic (exact) mass is 392 g/mol. The van der Waals surface area contributed by atoms with Crippen LogP contribution in [0.4, 0.5) is 0 Å². The molecule has 0 amide bonds. The highest BCUT2D eigenvalue weighted by Gasteiger charge is 2.51. The largest absolute Gasteiger partial charge is 0.494 e. The quantitative estimate of drug-likeness (QED) is 0.555. The molecule has 2 rings (SSSR count). The second-order valence-corrected chi connectivity index (χ2v) is 9.55. The van der Waals surface area contributed by atoms with Crippen molar-refractivity contribution in [1.29, 1.82) is 0 Å². The summed E-state index contributed by atoms with van der Waals surface area (Å²) in [6.45, 7) is 18.4. The van der Waals surface area contributed by atoms with Crippen LogP contribution < -0.4 is 10.2 Å². The van der Waals surface area contributed by atoms with Gasteiger partial charge in [-0.1, -0.05) is 32.9 Å². The van der Waals surface area contributed by atoms with Crippen molar-refractivity contribution < 1.29 is 23.6 Å². The molecule has 0 radical (unpaired) electrons. The zero-order chi connectivity index (χ0) is 21.8. The molecule has 1 aliphatic rings. The molecule has 0 saturated carbocycles. The molecule has 1 aromatic carbocycles. The van der Waals surface area contributed by atoms with E-state index in [9.17, 15) is 4.79 Å². The third-order valence-corrected chi connectivity index (χ3v) is 4.74. The molecule has 0 bridgehead atoms. The van der Waals surface area contributed by atoms with Crippen molar-refractivity contribution in [3.63, 3.8) is 0 Å². The summed E-state index contributed by atoms with van der Waals surface area (Å²) >= 11 is 0. The van der Waals surface area contributed by atoms with Gasteiger partial charge in [-0.05, 0) is 65.1 Å². The topological polar surface area (TPSA) is 54.0 Å². The summed E-state index contributed by atoms with van der Waals surface area (Å²) < 4.78 is 22.5. The average molecular weight is 392 g/mol. The van der Waals surface area contributed by atoms with E-state index in [4.69, 9.17) is 18.8 Å². The van der Waals surface area contributed by atoms with Gasteiger partial charge in [0.1, 0.15) is 12.4 Å². The Labute approximate surface area is 171 Å². The second kappa shape index (κ2) is 9.32. The van der Waals surface area contributed by atoms with Crippen LogP contribution in [-0.2, 0) is 18.8 Å². The van der Waals surface area contributed by atoms with Gasteiger partial charge >= 0.3 is 13.1 Å². The zero-order valence-electron chi connectivity index (χ0n) is 19.2. The number of benzene rings is 1. The van der Waals surface area contributed by atoms with Gasteiger partial charge in [-0.25, -0.2) is 0 Å². The highest BCUT2D eigenvalue weighted by Crippen LogP contribution is 2.36. The van der Waals surface area contributed by atoms with Gasteiger partial charge in [0.05, 0.1) is 23.7 Å². The first kappa shape index (κ1) is 24.5. The first-order valence-electron chi connectivity index (χ1n) is 9.88. The number of hydrogen-bond donors (Lipinski definition) is 0. The molecule has 1 aliphatic heterocycles. The lowest BCUT2D eigenvalue weighted by Crippen LogP contribution is -2.41. The molecule has 0 spiro atoms. The number of hydrogen-bond acceptors (Lipinski definition) is 5. The van der Waals surface area contributed by atoms with Crippen molar-refractivity contribution in [2.75, 3.05) is 13.7 Å². The molecule has 0 aromatic heterocycles. The minimum atomic E-state index is -0.695. The van der Waals surface area contributed by atoms with Gasteiger partial charge in [0, 0.05) is 0 Å². The van der Waals surface area contributed by atoms with E-state index in [0.29, 0.717) is 5.75 Å². The fraction of sp³-hybridized carbons (Fsp3) is 0.682. The van der Waals surface area contributed by atoms with Crippen molar-refractivity contribution in [2.45, 2.75) is 73.5 Å². The van der Waals surface area contributed by atoms with Crippen molar-refractivity contribution in [3.8, 4) is 5.75 Å². The SMILES string of the molecule is CC(C)C.COC(=O)C(C)(C)COc1ccc(B2OC(C)(C)C(C)(C)O2)cc1. The van der Waals surface area contributed by atoms with Gasteiger partial charge < -0.3 is 18.8 Å². The van der Waals surface area contributed by atoms with Crippen LogP contribution >= 0.6 is 0 Å². The molecule has 1 saturated heterocycles. The van der Waals surface area contributed by atoms with E-state index in [1.54, 1.807) is 13.8 Å². The Kier molecular flexibility index (Phi) is 8.15. The van der Waals surface area contributed by atoms with Gasteiger partial charge in [-0.15, -0.1) is 0 Å². The molecule has 5 nitrogen and oxygen atoms in total. The first-order chi connectivity index (χ1) is 12.7. The van der Waals surface area contributed by atoms with Gasteiger partial charge in [-0.3, -0.25) is 4.79 Å². The van der Waals surface area contributed by atoms with Crippen LogP contribution in [0.25, 0.3) is 0 Å². The minimum Gasteiger partial charge on any atom is -0.492 e. The van der Waals surface area contributed by atoms with Crippen LogP contribution in [0.5, 0.6) is 5.75 Å². The molecule has 0 aliphatic carbocycles. The average Bonchev–Trinajstić information content (AvgIpc) is 2.80. The van der Waals surface area contributed by atoms with E-state index < -0.39 is 12.5 Å². The number of carbonyl (C=O) groups excluding carboxylic acids is 1. The van der Waals surface area contributed by atoms with Crippen LogP contribution in [0.3, 0.4) is 0 Å². The number of esters is 1. The predicted molar refractivity (Wildman–Crippen MR) is 114 cm³/mol.